The van der Waals surface area contributed by atoms with Crippen molar-refractivity contribution in [1.82, 2.24) is 0 Å². The van der Waals surface area contributed by atoms with Gasteiger partial charge in [0.25, 0.3) is 0 Å². The number of hydrogen-bond acceptors (Lipinski definition) is 2. The van der Waals surface area contributed by atoms with E-state index in [-0.39, 0.29) is 0 Å². The first-order chi connectivity index (χ1) is 6.84. The lowest BCUT2D eigenvalue weighted by Gasteiger charge is -2.17. The number of rotatable bonds is 3. The molecule has 0 fully saturated rings. The average Bonchev–Trinajstić information content (AvgIpc) is 2.70. The first-order valence-corrected chi connectivity index (χ1v) is 6.18. The van der Waals surface area contributed by atoms with Gasteiger partial charge in [0.1, 0.15) is 0 Å². The van der Waals surface area contributed by atoms with E-state index in [1.807, 2.05) is 11.3 Å². The Balaban J connectivity index is 1.81. The summed E-state index contributed by atoms with van der Waals surface area (Å²) in [6.07, 6.45) is 8.26. The number of thiophene rings is 1. The Hall–Kier alpha value is -0.600. The zero-order valence-electron chi connectivity index (χ0n) is 8.41. The molecule has 1 atom stereocenters. The molecule has 2 heteroatoms. The van der Waals surface area contributed by atoms with Gasteiger partial charge >= 0.3 is 0 Å². The molecule has 0 spiro atoms. The smallest absolute Gasteiger partial charge is 0.00765 e. The molecule has 0 saturated carbocycles. The van der Waals surface area contributed by atoms with Crippen molar-refractivity contribution >= 4 is 11.3 Å². The van der Waals surface area contributed by atoms with Crippen LogP contribution in [0.3, 0.4) is 0 Å². The molecule has 1 aliphatic rings. The molecule has 14 heavy (non-hydrogen) atoms. The molecule has 1 nitrogen and oxygen atoms in total. The lowest BCUT2D eigenvalue weighted by Crippen LogP contribution is -2.21. The highest BCUT2D eigenvalue weighted by Gasteiger charge is 2.09. The Kier molecular flexibility index (Phi) is 3.38. The Bertz CT molecular complexity index is 300. The zero-order chi connectivity index (χ0) is 9.80. The summed E-state index contributed by atoms with van der Waals surface area (Å²) >= 11 is 1.86. The number of hydrogen-bond donors (Lipinski definition) is 1. The average molecular weight is 207 g/mol. The van der Waals surface area contributed by atoms with Crippen molar-refractivity contribution in [3.63, 3.8) is 0 Å². The molecular weight excluding hydrogens is 190 g/mol. The second-order valence-corrected chi connectivity index (χ2v) is 5.01. The summed E-state index contributed by atoms with van der Waals surface area (Å²) < 4.78 is 0. The first-order valence-electron chi connectivity index (χ1n) is 5.30. The molecule has 2 rings (SSSR count). The number of nitrogens with two attached hydrogens (primary N) is 1. The van der Waals surface area contributed by atoms with Crippen LogP contribution in [0, 0.1) is 0 Å². The molecule has 76 valence electrons. The standard InChI is InChI=1S/C12H17NS/c13-11-6-3-10(4-7-11)5-8-12-2-1-9-14-12/h1-3,9,11H,4-8,13H2. The summed E-state index contributed by atoms with van der Waals surface area (Å²) in [5.41, 5.74) is 7.46. The van der Waals surface area contributed by atoms with Crippen molar-refractivity contribution < 1.29 is 0 Å². The van der Waals surface area contributed by atoms with Gasteiger partial charge in [0.2, 0.25) is 0 Å². The van der Waals surface area contributed by atoms with E-state index in [1.54, 1.807) is 5.57 Å². The van der Waals surface area contributed by atoms with Crippen molar-refractivity contribution in [2.24, 2.45) is 5.73 Å². The maximum atomic E-state index is 5.85. The molecule has 0 amide bonds. The lowest BCUT2D eigenvalue weighted by atomic mass is 9.93. The van der Waals surface area contributed by atoms with Gasteiger partial charge in [0, 0.05) is 10.9 Å². The van der Waals surface area contributed by atoms with E-state index in [1.165, 1.54) is 30.6 Å². The van der Waals surface area contributed by atoms with Gasteiger partial charge in [0.15, 0.2) is 0 Å². The van der Waals surface area contributed by atoms with E-state index in [0.717, 1.165) is 6.42 Å². The van der Waals surface area contributed by atoms with Gasteiger partial charge in [-0.1, -0.05) is 17.7 Å². The minimum absolute atomic E-state index is 0.417. The highest BCUT2D eigenvalue weighted by molar-refractivity contribution is 7.09. The van der Waals surface area contributed by atoms with Crippen molar-refractivity contribution in [2.75, 3.05) is 0 Å². The summed E-state index contributed by atoms with van der Waals surface area (Å²) in [4.78, 5) is 1.50. The van der Waals surface area contributed by atoms with Crippen LogP contribution in [-0.4, -0.2) is 6.04 Å². The fourth-order valence-corrected chi connectivity index (χ4v) is 2.58. The Labute approximate surface area is 89.6 Å². The predicted octanol–water partition coefficient (Wildman–Crippen LogP) is 3.12. The minimum atomic E-state index is 0.417. The molecule has 1 heterocycles. The van der Waals surface area contributed by atoms with Crippen molar-refractivity contribution in [1.29, 1.82) is 0 Å². The Morgan fingerprint density at radius 2 is 2.36 bits per heavy atom. The van der Waals surface area contributed by atoms with Gasteiger partial charge in [-0.15, -0.1) is 11.3 Å². The topological polar surface area (TPSA) is 26.0 Å². The quantitative estimate of drug-likeness (QED) is 0.757. The number of aryl methyl sites for hydroxylation is 1. The molecule has 0 aliphatic heterocycles. The molecule has 2 N–H and O–H groups in total. The molecule has 0 radical (unpaired) electrons. The van der Waals surface area contributed by atoms with Crippen LogP contribution in [0.1, 0.15) is 30.6 Å². The van der Waals surface area contributed by atoms with Gasteiger partial charge in [-0.3, -0.25) is 0 Å². The first kappa shape index (κ1) is 9.94. The molecule has 1 aliphatic carbocycles. The van der Waals surface area contributed by atoms with E-state index < -0.39 is 0 Å². The maximum absolute atomic E-state index is 5.85. The van der Waals surface area contributed by atoms with Gasteiger partial charge in [-0.2, -0.15) is 0 Å². The van der Waals surface area contributed by atoms with E-state index in [0.29, 0.717) is 6.04 Å². The third kappa shape index (κ3) is 2.69. The summed E-state index contributed by atoms with van der Waals surface area (Å²) in [5.74, 6) is 0. The second kappa shape index (κ2) is 4.76. The molecule has 1 aromatic heterocycles. The molecule has 0 saturated heterocycles. The molecule has 0 bridgehead atoms. The van der Waals surface area contributed by atoms with E-state index in [4.69, 9.17) is 5.73 Å². The summed E-state index contributed by atoms with van der Waals surface area (Å²) in [7, 11) is 0. The second-order valence-electron chi connectivity index (χ2n) is 3.98. The fraction of sp³-hybridized carbons (Fsp3) is 0.500. The van der Waals surface area contributed by atoms with Crippen LogP contribution in [0.5, 0.6) is 0 Å². The van der Waals surface area contributed by atoms with Crippen LogP contribution < -0.4 is 5.73 Å². The van der Waals surface area contributed by atoms with Crippen molar-refractivity contribution in [2.45, 2.75) is 38.1 Å². The Morgan fingerprint density at radius 3 is 3.00 bits per heavy atom. The maximum Gasteiger partial charge on any atom is 0.00765 e. The SMILES string of the molecule is NC1CC=C(CCc2cccs2)CC1. The van der Waals surface area contributed by atoms with Crippen LogP contribution >= 0.6 is 11.3 Å². The summed E-state index contributed by atoms with van der Waals surface area (Å²) in [6.45, 7) is 0. The zero-order valence-corrected chi connectivity index (χ0v) is 9.22. The van der Waals surface area contributed by atoms with Crippen LogP contribution in [0.15, 0.2) is 29.2 Å². The van der Waals surface area contributed by atoms with Crippen LogP contribution in [0.2, 0.25) is 0 Å². The van der Waals surface area contributed by atoms with Crippen LogP contribution in [-0.2, 0) is 6.42 Å². The summed E-state index contributed by atoms with van der Waals surface area (Å²) in [6, 6.07) is 4.77. The molecule has 1 unspecified atom stereocenters. The monoisotopic (exact) mass is 207 g/mol. The molecule has 1 aromatic rings. The highest BCUT2D eigenvalue weighted by atomic mass is 32.1. The van der Waals surface area contributed by atoms with Gasteiger partial charge < -0.3 is 5.73 Å². The van der Waals surface area contributed by atoms with Crippen LogP contribution in [0.4, 0.5) is 0 Å². The number of allylic oxidation sites excluding steroid dienone is 1. The summed E-state index contributed by atoms with van der Waals surface area (Å²) in [5, 5.41) is 2.15. The minimum Gasteiger partial charge on any atom is -0.327 e. The van der Waals surface area contributed by atoms with Crippen molar-refractivity contribution in [3.05, 3.63) is 34.0 Å². The third-order valence-corrected chi connectivity index (χ3v) is 3.75. The van der Waals surface area contributed by atoms with Gasteiger partial charge in [-0.05, 0) is 43.6 Å². The predicted molar refractivity (Wildman–Crippen MR) is 62.5 cm³/mol. The fourth-order valence-electron chi connectivity index (χ4n) is 1.87. The lowest BCUT2D eigenvalue weighted by molar-refractivity contribution is 0.578. The van der Waals surface area contributed by atoms with E-state index in [2.05, 4.69) is 23.6 Å². The highest BCUT2D eigenvalue weighted by Crippen LogP contribution is 2.22. The van der Waals surface area contributed by atoms with E-state index in [9.17, 15) is 0 Å². The Morgan fingerprint density at radius 1 is 1.43 bits per heavy atom. The largest absolute Gasteiger partial charge is 0.327 e. The third-order valence-electron chi connectivity index (χ3n) is 2.82. The van der Waals surface area contributed by atoms with Crippen molar-refractivity contribution in [3.8, 4) is 0 Å². The van der Waals surface area contributed by atoms with E-state index >= 15 is 0 Å². The van der Waals surface area contributed by atoms with Gasteiger partial charge in [0.05, 0.1) is 0 Å². The van der Waals surface area contributed by atoms with Crippen LogP contribution in [0.25, 0.3) is 0 Å². The molecular formula is C12H17NS. The normalized spacial score (nSPS) is 22.1. The van der Waals surface area contributed by atoms with Gasteiger partial charge in [-0.25, -0.2) is 0 Å². The molecule has 0 aromatic carbocycles.